The van der Waals surface area contributed by atoms with Crippen molar-refractivity contribution in [1.29, 1.82) is 0 Å². The lowest BCUT2D eigenvalue weighted by molar-refractivity contribution is -0.118. The molecule has 2 heterocycles. The summed E-state index contributed by atoms with van der Waals surface area (Å²) in [6.45, 7) is 6.74. The van der Waals surface area contributed by atoms with Crippen molar-refractivity contribution < 1.29 is 14.3 Å². The Bertz CT molecular complexity index is 662. The molecule has 6 heteroatoms. The van der Waals surface area contributed by atoms with Gasteiger partial charge in [0.2, 0.25) is 5.91 Å². The average molecular weight is 359 g/mol. The summed E-state index contributed by atoms with van der Waals surface area (Å²) in [4.78, 5) is 26.7. The van der Waals surface area contributed by atoms with Gasteiger partial charge in [0.1, 0.15) is 5.75 Å². The minimum atomic E-state index is 0.00795. The van der Waals surface area contributed by atoms with E-state index >= 15 is 0 Å². The van der Waals surface area contributed by atoms with E-state index in [4.69, 9.17) is 4.74 Å². The number of nitrogens with one attached hydrogen (secondary N) is 2. The standard InChI is InChI=1S/C20H29N3O3/c1-3-8-21-20(25)23-9-6-15-12-19(24)22-17-11-14(2)4-5-18(17)26-10-7-16(15)13-23/h4-5,11,15-16H,3,6-10,12-13H2,1-2H3,(H,21,25)(H,22,24)/t15-,16-/m0/s1. The molecule has 3 amide bonds. The number of carbonyl (C=O) groups is 2. The second-order valence-corrected chi connectivity index (χ2v) is 7.38. The van der Waals surface area contributed by atoms with E-state index < -0.39 is 0 Å². The van der Waals surface area contributed by atoms with Gasteiger partial charge in [0.15, 0.2) is 0 Å². The highest BCUT2D eigenvalue weighted by molar-refractivity contribution is 5.92. The van der Waals surface area contributed by atoms with Gasteiger partial charge in [-0.1, -0.05) is 13.0 Å². The average Bonchev–Trinajstić information content (AvgIpc) is 2.62. The molecule has 0 bridgehead atoms. The quantitative estimate of drug-likeness (QED) is 0.852. The Morgan fingerprint density at radius 3 is 3.00 bits per heavy atom. The zero-order valence-electron chi connectivity index (χ0n) is 15.7. The van der Waals surface area contributed by atoms with Crippen LogP contribution in [0.1, 0.15) is 38.2 Å². The number of benzene rings is 1. The largest absolute Gasteiger partial charge is 0.491 e. The third-order valence-electron chi connectivity index (χ3n) is 5.31. The lowest BCUT2D eigenvalue weighted by atomic mass is 9.81. The molecular weight excluding hydrogens is 330 g/mol. The van der Waals surface area contributed by atoms with Crippen LogP contribution in [0, 0.1) is 18.8 Å². The van der Waals surface area contributed by atoms with E-state index in [9.17, 15) is 9.59 Å². The molecule has 1 aromatic carbocycles. The molecule has 1 saturated heterocycles. The van der Waals surface area contributed by atoms with Gasteiger partial charge < -0.3 is 20.3 Å². The van der Waals surface area contributed by atoms with E-state index in [1.165, 1.54) is 0 Å². The van der Waals surface area contributed by atoms with Crippen LogP contribution in [-0.4, -0.2) is 43.1 Å². The molecular formula is C20H29N3O3. The number of hydrogen-bond donors (Lipinski definition) is 2. The number of aryl methyl sites for hydroxylation is 1. The maximum atomic E-state index is 12.5. The SMILES string of the molecule is CCCNC(=O)N1CC[C@H]2CC(=O)Nc3cc(C)ccc3OCC[C@H]2C1. The van der Waals surface area contributed by atoms with Crippen molar-refractivity contribution >= 4 is 17.6 Å². The van der Waals surface area contributed by atoms with Gasteiger partial charge in [-0.2, -0.15) is 0 Å². The van der Waals surface area contributed by atoms with Crippen LogP contribution in [0.2, 0.25) is 0 Å². The molecule has 26 heavy (non-hydrogen) atoms. The Kier molecular flexibility index (Phi) is 6.01. The molecule has 1 aromatic rings. The number of carbonyl (C=O) groups excluding carboxylic acids is 2. The van der Waals surface area contributed by atoms with Gasteiger partial charge in [-0.15, -0.1) is 0 Å². The summed E-state index contributed by atoms with van der Waals surface area (Å²) in [6, 6.07) is 5.86. The molecule has 0 unspecified atom stereocenters. The predicted octanol–water partition coefficient (Wildman–Crippen LogP) is 3.16. The summed E-state index contributed by atoms with van der Waals surface area (Å²) in [5.41, 5.74) is 1.85. The topological polar surface area (TPSA) is 70.7 Å². The normalized spacial score (nSPS) is 23.2. The third kappa shape index (κ3) is 4.48. The van der Waals surface area contributed by atoms with E-state index in [2.05, 4.69) is 10.6 Å². The van der Waals surface area contributed by atoms with Crippen molar-refractivity contribution in [1.82, 2.24) is 10.2 Å². The first-order valence-electron chi connectivity index (χ1n) is 9.63. The number of amides is 3. The first-order chi connectivity index (χ1) is 12.6. The van der Waals surface area contributed by atoms with Crippen LogP contribution < -0.4 is 15.4 Å². The van der Waals surface area contributed by atoms with E-state index in [-0.39, 0.29) is 17.9 Å². The molecule has 0 saturated carbocycles. The molecule has 2 aliphatic heterocycles. The summed E-state index contributed by atoms with van der Waals surface area (Å²) in [5.74, 6) is 1.33. The van der Waals surface area contributed by atoms with Crippen LogP contribution in [0.5, 0.6) is 5.75 Å². The van der Waals surface area contributed by atoms with Crippen molar-refractivity contribution in [2.45, 2.75) is 39.5 Å². The zero-order chi connectivity index (χ0) is 18.5. The summed E-state index contributed by atoms with van der Waals surface area (Å²) in [6.07, 6.45) is 3.14. The first-order valence-corrected chi connectivity index (χ1v) is 9.63. The lowest BCUT2D eigenvalue weighted by Gasteiger charge is -2.39. The molecule has 0 spiro atoms. The fourth-order valence-corrected chi connectivity index (χ4v) is 3.83. The predicted molar refractivity (Wildman–Crippen MR) is 101 cm³/mol. The fourth-order valence-electron chi connectivity index (χ4n) is 3.83. The van der Waals surface area contributed by atoms with Gasteiger partial charge in [-0.25, -0.2) is 4.79 Å². The van der Waals surface area contributed by atoms with E-state index in [0.29, 0.717) is 38.6 Å². The smallest absolute Gasteiger partial charge is 0.317 e. The maximum absolute atomic E-state index is 12.5. The van der Waals surface area contributed by atoms with Crippen molar-refractivity contribution in [2.24, 2.45) is 11.8 Å². The molecule has 0 aromatic heterocycles. The Labute approximate surface area is 155 Å². The molecule has 142 valence electrons. The van der Waals surface area contributed by atoms with E-state index in [1.54, 1.807) is 0 Å². The number of fused-ring (bicyclic) bond motifs is 2. The minimum Gasteiger partial charge on any atom is -0.491 e. The number of piperidine rings is 1. The molecule has 0 aliphatic carbocycles. The van der Waals surface area contributed by atoms with Gasteiger partial charge in [-0.05, 0) is 55.7 Å². The van der Waals surface area contributed by atoms with Gasteiger partial charge in [0.05, 0.1) is 12.3 Å². The van der Waals surface area contributed by atoms with Crippen LogP contribution in [-0.2, 0) is 4.79 Å². The highest BCUT2D eigenvalue weighted by Crippen LogP contribution is 2.33. The monoisotopic (exact) mass is 359 g/mol. The summed E-state index contributed by atoms with van der Waals surface area (Å²) in [7, 11) is 0. The molecule has 6 nitrogen and oxygen atoms in total. The van der Waals surface area contributed by atoms with Crippen LogP contribution in [0.3, 0.4) is 0 Å². The van der Waals surface area contributed by atoms with Crippen LogP contribution >= 0.6 is 0 Å². The van der Waals surface area contributed by atoms with Gasteiger partial charge >= 0.3 is 6.03 Å². The summed E-state index contributed by atoms with van der Waals surface area (Å²) >= 11 is 0. The van der Waals surface area contributed by atoms with Gasteiger partial charge in [-0.3, -0.25) is 4.79 Å². The van der Waals surface area contributed by atoms with Crippen LogP contribution in [0.15, 0.2) is 18.2 Å². The van der Waals surface area contributed by atoms with Gasteiger partial charge in [0.25, 0.3) is 0 Å². The first kappa shape index (κ1) is 18.5. The summed E-state index contributed by atoms with van der Waals surface area (Å²) < 4.78 is 5.94. The van der Waals surface area contributed by atoms with Crippen molar-refractivity contribution in [2.75, 3.05) is 31.6 Å². The fraction of sp³-hybridized carbons (Fsp3) is 0.600. The maximum Gasteiger partial charge on any atom is 0.317 e. The van der Waals surface area contributed by atoms with Crippen LogP contribution in [0.25, 0.3) is 0 Å². The Morgan fingerprint density at radius 2 is 2.19 bits per heavy atom. The molecule has 1 fully saturated rings. The highest BCUT2D eigenvalue weighted by Gasteiger charge is 2.33. The van der Waals surface area contributed by atoms with Gasteiger partial charge in [0, 0.05) is 26.1 Å². The number of nitrogens with zero attached hydrogens (tertiary/aromatic N) is 1. The molecule has 0 radical (unpaired) electrons. The number of urea groups is 1. The Morgan fingerprint density at radius 1 is 1.35 bits per heavy atom. The number of hydrogen-bond acceptors (Lipinski definition) is 3. The minimum absolute atomic E-state index is 0.00795. The molecule has 2 aliphatic rings. The summed E-state index contributed by atoms with van der Waals surface area (Å²) in [5, 5.41) is 5.96. The number of rotatable bonds is 2. The molecule has 2 atom stereocenters. The van der Waals surface area contributed by atoms with E-state index in [1.807, 2.05) is 36.9 Å². The van der Waals surface area contributed by atoms with E-state index in [0.717, 1.165) is 36.3 Å². The number of anilines is 1. The Hall–Kier alpha value is -2.24. The second kappa shape index (κ2) is 8.43. The number of ether oxygens (including phenoxy) is 1. The highest BCUT2D eigenvalue weighted by atomic mass is 16.5. The van der Waals surface area contributed by atoms with Crippen molar-refractivity contribution in [3.8, 4) is 5.75 Å². The van der Waals surface area contributed by atoms with Crippen molar-refractivity contribution in [3.63, 3.8) is 0 Å². The Balaban J connectivity index is 1.69. The zero-order valence-corrected chi connectivity index (χ0v) is 15.7. The van der Waals surface area contributed by atoms with Crippen molar-refractivity contribution in [3.05, 3.63) is 23.8 Å². The lowest BCUT2D eigenvalue weighted by Crippen LogP contribution is -2.49. The van der Waals surface area contributed by atoms with Crippen LogP contribution in [0.4, 0.5) is 10.5 Å². The third-order valence-corrected chi connectivity index (χ3v) is 5.31. The second-order valence-electron chi connectivity index (χ2n) is 7.38. The molecule has 3 rings (SSSR count). The molecule has 2 N–H and O–H groups in total. The number of likely N-dealkylation sites (tertiary alicyclic amines) is 1.